The Bertz CT molecular complexity index is 862. The molecule has 3 aliphatic rings. The SMILES string of the molecule is COc1ccc(CN2C(=O)C3CC(CN3CC3CC3)Oc3ccccc32)cc1. The number of carbonyl (C=O) groups is 1. The fourth-order valence-corrected chi connectivity index (χ4v) is 4.37. The molecule has 146 valence electrons. The second-order valence-electron chi connectivity index (χ2n) is 8.13. The van der Waals surface area contributed by atoms with E-state index in [1.807, 2.05) is 53.4 Å². The van der Waals surface area contributed by atoms with Crippen LogP contribution in [0.3, 0.4) is 0 Å². The van der Waals surface area contributed by atoms with Crippen LogP contribution in [0.1, 0.15) is 24.8 Å². The summed E-state index contributed by atoms with van der Waals surface area (Å²) in [6, 6.07) is 15.8. The highest BCUT2D eigenvalue weighted by Crippen LogP contribution is 2.39. The number of likely N-dealkylation sites (tertiary alicyclic amines) is 1. The first-order chi connectivity index (χ1) is 13.7. The van der Waals surface area contributed by atoms with Gasteiger partial charge in [0.15, 0.2) is 0 Å². The molecule has 0 aromatic heterocycles. The Morgan fingerprint density at radius 1 is 1.11 bits per heavy atom. The van der Waals surface area contributed by atoms with Gasteiger partial charge < -0.3 is 14.4 Å². The number of ether oxygens (including phenoxy) is 2. The molecule has 28 heavy (non-hydrogen) atoms. The second kappa shape index (κ2) is 7.13. The Morgan fingerprint density at radius 2 is 1.89 bits per heavy atom. The average Bonchev–Trinajstić information content (AvgIpc) is 3.44. The van der Waals surface area contributed by atoms with Crippen molar-refractivity contribution in [3.63, 3.8) is 0 Å². The minimum atomic E-state index is -0.0859. The standard InChI is InChI=1S/C23H26N2O3/c1-27-18-10-8-17(9-11-18)14-25-20-4-2-3-5-22(20)28-19-12-21(23(25)26)24(15-19)13-16-6-7-16/h2-5,8-11,16,19,21H,6-7,12-15H2,1H3. The highest BCUT2D eigenvalue weighted by Gasteiger charge is 2.44. The number of nitrogens with zero attached hydrogens (tertiary/aromatic N) is 2. The van der Waals surface area contributed by atoms with Crippen molar-refractivity contribution < 1.29 is 14.3 Å². The van der Waals surface area contributed by atoms with E-state index < -0.39 is 0 Å². The highest BCUT2D eigenvalue weighted by atomic mass is 16.5. The topological polar surface area (TPSA) is 42.0 Å². The molecule has 1 amide bonds. The Kier molecular flexibility index (Phi) is 4.47. The molecule has 1 saturated heterocycles. The third-order valence-corrected chi connectivity index (χ3v) is 6.06. The van der Waals surface area contributed by atoms with E-state index in [1.54, 1.807) is 7.11 Å². The van der Waals surface area contributed by atoms with Crippen molar-refractivity contribution in [2.24, 2.45) is 5.92 Å². The van der Waals surface area contributed by atoms with Gasteiger partial charge in [-0.25, -0.2) is 0 Å². The van der Waals surface area contributed by atoms with Crippen molar-refractivity contribution in [3.05, 3.63) is 54.1 Å². The van der Waals surface area contributed by atoms with Crippen LogP contribution < -0.4 is 14.4 Å². The van der Waals surface area contributed by atoms with Gasteiger partial charge in [-0.1, -0.05) is 24.3 Å². The first-order valence-corrected chi connectivity index (χ1v) is 10.2. The maximum atomic E-state index is 13.7. The molecule has 2 aliphatic heterocycles. The molecular weight excluding hydrogens is 352 g/mol. The summed E-state index contributed by atoms with van der Waals surface area (Å²) in [7, 11) is 1.66. The van der Waals surface area contributed by atoms with Gasteiger partial charge in [-0.2, -0.15) is 0 Å². The van der Waals surface area contributed by atoms with Crippen LogP contribution in [0, 0.1) is 5.92 Å². The molecule has 2 unspecified atom stereocenters. The monoisotopic (exact) mass is 378 g/mol. The molecule has 2 aromatic carbocycles. The summed E-state index contributed by atoms with van der Waals surface area (Å²) in [5.74, 6) is 2.57. The van der Waals surface area contributed by atoms with Crippen LogP contribution in [0.2, 0.25) is 0 Å². The lowest BCUT2D eigenvalue weighted by molar-refractivity contribution is -0.123. The molecule has 5 nitrogen and oxygen atoms in total. The Balaban J connectivity index is 1.48. The molecule has 0 spiro atoms. The van der Waals surface area contributed by atoms with Crippen LogP contribution in [-0.4, -0.2) is 43.2 Å². The first kappa shape index (κ1) is 17.6. The molecule has 2 atom stereocenters. The van der Waals surface area contributed by atoms with Gasteiger partial charge in [0.05, 0.1) is 25.4 Å². The van der Waals surface area contributed by atoms with Crippen LogP contribution in [0.25, 0.3) is 0 Å². The predicted molar refractivity (Wildman–Crippen MR) is 108 cm³/mol. The van der Waals surface area contributed by atoms with E-state index in [0.717, 1.165) is 48.2 Å². The molecule has 1 saturated carbocycles. The maximum Gasteiger partial charge on any atom is 0.244 e. The van der Waals surface area contributed by atoms with Gasteiger partial charge in [0, 0.05) is 19.5 Å². The third kappa shape index (κ3) is 3.35. The Hall–Kier alpha value is -2.53. The fraction of sp³-hybridized carbons (Fsp3) is 0.435. The van der Waals surface area contributed by atoms with Crippen molar-refractivity contribution in [2.75, 3.05) is 25.1 Å². The van der Waals surface area contributed by atoms with E-state index in [1.165, 1.54) is 12.8 Å². The second-order valence-corrected chi connectivity index (χ2v) is 8.13. The zero-order chi connectivity index (χ0) is 19.1. The summed E-state index contributed by atoms with van der Waals surface area (Å²) in [6.07, 6.45) is 3.45. The number of methoxy groups -OCH3 is 1. The van der Waals surface area contributed by atoms with Gasteiger partial charge in [-0.3, -0.25) is 9.69 Å². The molecule has 2 heterocycles. The van der Waals surface area contributed by atoms with Gasteiger partial charge in [0.25, 0.3) is 0 Å². The number of carbonyl (C=O) groups excluding carboxylic acids is 1. The summed E-state index contributed by atoms with van der Waals surface area (Å²) in [6.45, 7) is 2.39. The van der Waals surface area contributed by atoms with E-state index in [0.29, 0.717) is 6.54 Å². The molecule has 2 bridgehead atoms. The van der Waals surface area contributed by atoms with Crippen molar-refractivity contribution >= 4 is 11.6 Å². The van der Waals surface area contributed by atoms with Crippen LogP contribution in [0.5, 0.6) is 11.5 Å². The van der Waals surface area contributed by atoms with Gasteiger partial charge in [0.1, 0.15) is 17.6 Å². The van der Waals surface area contributed by atoms with E-state index in [-0.39, 0.29) is 18.1 Å². The first-order valence-electron chi connectivity index (χ1n) is 10.2. The Morgan fingerprint density at radius 3 is 2.64 bits per heavy atom. The quantitative estimate of drug-likeness (QED) is 0.799. The molecule has 5 rings (SSSR count). The lowest BCUT2D eigenvalue weighted by Crippen LogP contribution is -2.46. The number of amides is 1. The van der Waals surface area contributed by atoms with Crippen molar-refractivity contribution in [1.82, 2.24) is 4.90 Å². The molecule has 5 heteroatoms. The zero-order valence-electron chi connectivity index (χ0n) is 16.2. The lowest BCUT2D eigenvalue weighted by Gasteiger charge is -2.32. The minimum Gasteiger partial charge on any atom is -0.497 e. The number of para-hydroxylation sites is 2. The highest BCUT2D eigenvalue weighted by molar-refractivity contribution is 5.99. The number of fused-ring (bicyclic) bond motifs is 3. The predicted octanol–water partition coefficient (Wildman–Crippen LogP) is 3.47. The summed E-state index contributed by atoms with van der Waals surface area (Å²) < 4.78 is 11.6. The Labute approximate surface area is 165 Å². The molecule has 0 N–H and O–H groups in total. The van der Waals surface area contributed by atoms with Gasteiger partial charge in [-0.05, 0) is 48.6 Å². The van der Waals surface area contributed by atoms with E-state index in [2.05, 4.69) is 4.90 Å². The van der Waals surface area contributed by atoms with Crippen LogP contribution in [-0.2, 0) is 11.3 Å². The van der Waals surface area contributed by atoms with Crippen LogP contribution in [0.15, 0.2) is 48.5 Å². The molecule has 2 fully saturated rings. The summed E-state index contributed by atoms with van der Waals surface area (Å²) >= 11 is 0. The summed E-state index contributed by atoms with van der Waals surface area (Å²) in [5, 5.41) is 0. The lowest BCUT2D eigenvalue weighted by atomic mass is 10.1. The molecular formula is C23H26N2O3. The van der Waals surface area contributed by atoms with Crippen molar-refractivity contribution in [2.45, 2.75) is 38.0 Å². The minimum absolute atomic E-state index is 0.0859. The van der Waals surface area contributed by atoms with E-state index in [9.17, 15) is 4.79 Å². The smallest absolute Gasteiger partial charge is 0.244 e. The summed E-state index contributed by atoms with van der Waals surface area (Å²) in [5.41, 5.74) is 1.94. The third-order valence-electron chi connectivity index (χ3n) is 6.06. The fourth-order valence-electron chi connectivity index (χ4n) is 4.37. The number of rotatable bonds is 5. The molecule has 1 aliphatic carbocycles. The summed E-state index contributed by atoms with van der Waals surface area (Å²) in [4.78, 5) is 17.9. The molecule has 2 aromatic rings. The largest absolute Gasteiger partial charge is 0.497 e. The molecule has 0 radical (unpaired) electrons. The number of anilines is 1. The van der Waals surface area contributed by atoms with Crippen LogP contribution >= 0.6 is 0 Å². The number of hydrogen-bond donors (Lipinski definition) is 0. The van der Waals surface area contributed by atoms with Gasteiger partial charge in [-0.15, -0.1) is 0 Å². The zero-order valence-corrected chi connectivity index (χ0v) is 16.2. The normalized spacial score (nSPS) is 24.3. The number of benzene rings is 2. The van der Waals surface area contributed by atoms with Gasteiger partial charge in [0.2, 0.25) is 5.91 Å². The van der Waals surface area contributed by atoms with Crippen molar-refractivity contribution in [3.8, 4) is 11.5 Å². The van der Waals surface area contributed by atoms with Crippen LogP contribution in [0.4, 0.5) is 5.69 Å². The van der Waals surface area contributed by atoms with Gasteiger partial charge >= 0.3 is 0 Å². The van der Waals surface area contributed by atoms with E-state index >= 15 is 0 Å². The van der Waals surface area contributed by atoms with Crippen molar-refractivity contribution in [1.29, 1.82) is 0 Å². The number of hydrogen-bond acceptors (Lipinski definition) is 4. The van der Waals surface area contributed by atoms with E-state index in [4.69, 9.17) is 9.47 Å². The average molecular weight is 378 g/mol. The maximum absolute atomic E-state index is 13.7.